The number of nitrogens with one attached hydrogen (secondary N) is 2. The molecule has 1 aliphatic rings. The Morgan fingerprint density at radius 1 is 1.00 bits per heavy atom. The van der Waals surface area contributed by atoms with Crippen molar-refractivity contribution in [2.45, 2.75) is 44.7 Å². The number of anilines is 2. The Morgan fingerprint density at radius 3 is 2.69 bits per heavy atom. The van der Waals surface area contributed by atoms with Crippen molar-refractivity contribution in [3.63, 3.8) is 0 Å². The van der Waals surface area contributed by atoms with Crippen molar-refractivity contribution in [3.8, 4) is 16.9 Å². The van der Waals surface area contributed by atoms with Gasteiger partial charge in [0, 0.05) is 30.5 Å². The molecule has 0 aliphatic heterocycles. The van der Waals surface area contributed by atoms with Crippen LogP contribution in [0.3, 0.4) is 0 Å². The maximum absolute atomic E-state index is 9.61. The first-order chi connectivity index (χ1) is 14.2. The highest BCUT2D eigenvalue weighted by molar-refractivity contribution is 6.33. The molecule has 2 aromatic heterocycles. The highest BCUT2D eigenvalue weighted by Crippen LogP contribution is 2.31. The Kier molecular flexibility index (Phi) is 6.15. The SMILES string of the molecule is Oc1cccc(CNc2cc(-c3cc(NC4CCCCC4)ncc3Cl)ccn2)c1. The lowest BCUT2D eigenvalue weighted by atomic mass is 9.95. The molecule has 1 aromatic carbocycles. The number of rotatable bonds is 6. The van der Waals surface area contributed by atoms with E-state index >= 15 is 0 Å². The molecule has 0 saturated heterocycles. The van der Waals surface area contributed by atoms with Gasteiger partial charge in [0.15, 0.2) is 0 Å². The van der Waals surface area contributed by atoms with Crippen LogP contribution in [0.2, 0.25) is 5.02 Å². The Labute approximate surface area is 176 Å². The maximum Gasteiger partial charge on any atom is 0.126 e. The van der Waals surface area contributed by atoms with Crippen LogP contribution in [0, 0.1) is 0 Å². The number of phenolic OH excluding ortho intramolecular Hbond substituents is 1. The molecule has 5 nitrogen and oxygen atoms in total. The molecule has 2 heterocycles. The van der Waals surface area contributed by atoms with Crippen molar-refractivity contribution in [1.82, 2.24) is 9.97 Å². The summed E-state index contributed by atoms with van der Waals surface area (Å²) in [5, 5.41) is 17.1. The molecule has 6 heteroatoms. The summed E-state index contributed by atoms with van der Waals surface area (Å²) in [7, 11) is 0. The zero-order valence-electron chi connectivity index (χ0n) is 16.2. The van der Waals surface area contributed by atoms with Crippen LogP contribution >= 0.6 is 11.6 Å². The highest BCUT2D eigenvalue weighted by Gasteiger charge is 2.15. The standard InChI is InChI=1S/C23H25ClN4O/c24-21-15-27-23(28-18-6-2-1-3-7-18)13-20(21)17-9-10-25-22(12-17)26-14-16-5-4-8-19(29)11-16/h4-5,8-13,15,18,29H,1-3,6-7,14H2,(H,25,26)(H,27,28). The highest BCUT2D eigenvalue weighted by atomic mass is 35.5. The molecule has 1 saturated carbocycles. The molecule has 1 fully saturated rings. The summed E-state index contributed by atoms with van der Waals surface area (Å²) in [6.45, 7) is 0.573. The Hall–Kier alpha value is -2.79. The number of halogens is 1. The molecule has 0 unspecified atom stereocenters. The van der Waals surface area contributed by atoms with Gasteiger partial charge in [0.05, 0.1) is 5.02 Å². The zero-order chi connectivity index (χ0) is 20.1. The van der Waals surface area contributed by atoms with Crippen molar-refractivity contribution in [2.75, 3.05) is 10.6 Å². The van der Waals surface area contributed by atoms with Crippen LogP contribution in [0.5, 0.6) is 5.75 Å². The van der Waals surface area contributed by atoms with Gasteiger partial charge in [-0.3, -0.25) is 0 Å². The maximum atomic E-state index is 9.61. The fraction of sp³-hybridized carbons (Fsp3) is 0.304. The molecule has 0 radical (unpaired) electrons. The third kappa shape index (κ3) is 5.18. The van der Waals surface area contributed by atoms with E-state index < -0.39 is 0 Å². The smallest absolute Gasteiger partial charge is 0.126 e. The second-order valence-corrected chi connectivity index (χ2v) is 7.89. The third-order valence-electron chi connectivity index (χ3n) is 5.27. The minimum Gasteiger partial charge on any atom is -0.508 e. The van der Waals surface area contributed by atoms with E-state index in [0.29, 0.717) is 17.6 Å². The number of nitrogens with zero attached hydrogens (tertiary/aromatic N) is 2. The molecule has 0 spiro atoms. The summed E-state index contributed by atoms with van der Waals surface area (Å²) in [4.78, 5) is 8.87. The molecule has 150 valence electrons. The zero-order valence-corrected chi connectivity index (χ0v) is 17.0. The molecule has 0 atom stereocenters. The summed E-state index contributed by atoms with van der Waals surface area (Å²) in [6, 6.07) is 13.6. The lowest BCUT2D eigenvalue weighted by Crippen LogP contribution is -2.22. The van der Waals surface area contributed by atoms with Gasteiger partial charge < -0.3 is 15.7 Å². The second kappa shape index (κ2) is 9.14. The molecule has 29 heavy (non-hydrogen) atoms. The quantitative estimate of drug-likeness (QED) is 0.476. The van der Waals surface area contributed by atoms with Crippen LogP contribution in [0.15, 0.2) is 54.9 Å². The fourth-order valence-electron chi connectivity index (χ4n) is 3.75. The van der Waals surface area contributed by atoms with Crippen LogP contribution in [0.25, 0.3) is 11.1 Å². The molecule has 0 amide bonds. The van der Waals surface area contributed by atoms with Crippen molar-refractivity contribution in [1.29, 1.82) is 0 Å². The van der Waals surface area contributed by atoms with Gasteiger partial charge in [-0.1, -0.05) is 43.0 Å². The lowest BCUT2D eigenvalue weighted by Gasteiger charge is -2.23. The molecular formula is C23H25ClN4O. The van der Waals surface area contributed by atoms with Crippen LogP contribution in [-0.2, 0) is 6.54 Å². The van der Waals surface area contributed by atoms with Gasteiger partial charge in [0.1, 0.15) is 17.4 Å². The van der Waals surface area contributed by atoms with Gasteiger partial charge in [0.25, 0.3) is 0 Å². The van der Waals surface area contributed by atoms with Crippen LogP contribution < -0.4 is 10.6 Å². The minimum absolute atomic E-state index is 0.257. The Morgan fingerprint density at radius 2 is 1.86 bits per heavy atom. The van der Waals surface area contributed by atoms with Gasteiger partial charge in [-0.15, -0.1) is 0 Å². The topological polar surface area (TPSA) is 70.1 Å². The molecule has 3 N–H and O–H groups in total. The first kappa shape index (κ1) is 19.5. The van der Waals surface area contributed by atoms with E-state index in [-0.39, 0.29) is 5.75 Å². The minimum atomic E-state index is 0.257. The average molecular weight is 409 g/mol. The first-order valence-corrected chi connectivity index (χ1v) is 10.5. The number of hydrogen-bond acceptors (Lipinski definition) is 5. The Bertz CT molecular complexity index is 973. The third-order valence-corrected chi connectivity index (χ3v) is 5.57. The van der Waals surface area contributed by atoms with Gasteiger partial charge in [-0.2, -0.15) is 0 Å². The number of pyridine rings is 2. The monoisotopic (exact) mass is 408 g/mol. The lowest BCUT2D eigenvalue weighted by molar-refractivity contribution is 0.462. The van der Waals surface area contributed by atoms with E-state index in [1.54, 1.807) is 24.5 Å². The van der Waals surface area contributed by atoms with E-state index in [1.165, 1.54) is 32.1 Å². The number of phenols is 1. The summed E-state index contributed by atoms with van der Waals surface area (Å²) in [5.41, 5.74) is 2.90. The normalized spacial score (nSPS) is 14.5. The number of aromatic hydroxyl groups is 1. The summed E-state index contributed by atoms with van der Waals surface area (Å²) < 4.78 is 0. The van der Waals surface area contributed by atoms with Gasteiger partial charge in [-0.25, -0.2) is 9.97 Å². The first-order valence-electron chi connectivity index (χ1n) is 10.1. The molecule has 4 rings (SSSR count). The van der Waals surface area contributed by atoms with E-state index in [4.69, 9.17) is 11.6 Å². The van der Waals surface area contributed by atoms with Crippen LogP contribution in [0.1, 0.15) is 37.7 Å². The average Bonchev–Trinajstić information content (AvgIpc) is 2.75. The second-order valence-electron chi connectivity index (χ2n) is 7.48. The van der Waals surface area contributed by atoms with Gasteiger partial charge >= 0.3 is 0 Å². The summed E-state index contributed by atoms with van der Waals surface area (Å²) >= 11 is 6.46. The predicted molar refractivity (Wildman–Crippen MR) is 118 cm³/mol. The molecule has 1 aliphatic carbocycles. The molecule has 0 bridgehead atoms. The van der Waals surface area contributed by atoms with Gasteiger partial charge in [0.2, 0.25) is 0 Å². The van der Waals surface area contributed by atoms with Crippen molar-refractivity contribution < 1.29 is 5.11 Å². The van der Waals surface area contributed by atoms with Crippen molar-refractivity contribution in [3.05, 3.63) is 65.4 Å². The predicted octanol–water partition coefficient (Wildman–Crippen LogP) is 5.86. The number of hydrogen-bond donors (Lipinski definition) is 3. The Balaban J connectivity index is 1.50. The summed E-state index contributed by atoms with van der Waals surface area (Å²) in [6.07, 6.45) is 9.74. The van der Waals surface area contributed by atoms with Crippen LogP contribution in [-0.4, -0.2) is 21.1 Å². The summed E-state index contributed by atoms with van der Waals surface area (Å²) in [5.74, 6) is 1.87. The largest absolute Gasteiger partial charge is 0.508 e. The van der Waals surface area contributed by atoms with Gasteiger partial charge in [-0.05, 0) is 54.3 Å². The van der Waals surface area contributed by atoms with Crippen molar-refractivity contribution in [2.24, 2.45) is 0 Å². The number of benzene rings is 1. The van der Waals surface area contributed by atoms with Crippen molar-refractivity contribution >= 4 is 23.2 Å². The van der Waals surface area contributed by atoms with E-state index in [9.17, 15) is 5.11 Å². The molecular weight excluding hydrogens is 384 g/mol. The van der Waals surface area contributed by atoms with E-state index in [2.05, 4.69) is 20.6 Å². The van der Waals surface area contributed by atoms with E-state index in [1.807, 2.05) is 30.3 Å². The number of aromatic nitrogens is 2. The molecule has 3 aromatic rings. The fourth-order valence-corrected chi connectivity index (χ4v) is 3.96. The van der Waals surface area contributed by atoms with Crippen LogP contribution in [0.4, 0.5) is 11.6 Å². The van der Waals surface area contributed by atoms with E-state index in [0.717, 1.165) is 28.3 Å².